The molecule has 3 N–H and O–H groups in total. The summed E-state index contributed by atoms with van der Waals surface area (Å²) in [6.45, 7) is 0.910. The van der Waals surface area contributed by atoms with Crippen LogP contribution >= 0.6 is 0 Å². The molecule has 0 unspecified atom stereocenters. The van der Waals surface area contributed by atoms with Crippen LogP contribution in [0, 0.1) is 0 Å². The van der Waals surface area contributed by atoms with Gasteiger partial charge in [0, 0.05) is 6.07 Å². The SMILES string of the molecule is O=c1cc(NCCOc2ccccc2)[nH]c(=O)[nH]1. The van der Waals surface area contributed by atoms with E-state index in [1.54, 1.807) is 0 Å². The molecule has 1 heterocycles. The first-order chi connectivity index (χ1) is 8.74. The minimum atomic E-state index is -0.533. The van der Waals surface area contributed by atoms with Gasteiger partial charge in [0.05, 0.1) is 6.54 Å². The maximum absolute atomic E-state index is 11.0. The fourth-order valence-electron chi connectivity index (χ4n) is 1.44. The van der Waals surface area contributed by atoms with Crippen molar-refractivity contribution in [3.8, 4) is 5.75 Å². The van der Waals surface area contributed by atoms with Crippen molar-refractivity contribution in [3.05, 3.63) is 57.2 Å². The number of hydrogen-bond acceptors (Lipinski definition) is 4. The van der Waals surface area contributed by atoms with E-state index in [9.17, 15) is 9.59 Å². The lowest BCUT2D eigenvalue weighted by atomic mass is 10.3. The number of nitrogens with one attached hydrogen (secondary N) is 3. The van der Waals surface area contributed by atoms with Gasteiger partial charge < -0.3 is 10.1 Å². The molecular weight excluding hydrogens is 234 g/mol. The summed E-state index contributed by atoms with van der Waals surface area (Å²) >= 11 is 0. The van der Waals surface area contributed by atoms with Crippen molar-refractivity contribution in [2.24, 2.45) is 0 Å². The minimum absolute atomic E-state index is 0.375. The van der Waals surface area contributed by atoms with Gasteiger partial charge in [0.1, 0.15) is 18.2 Å². The van der Waals surface area contributed by atoms with E-state index in [-0.39, 0.29) is 0 Å². The van der Waals surface area contributed by atoms with Crippen LogP contribution in [-0.4, -0.2) is 23.1 Å². The molecule has 1 aromatic heterocycles. The summed E-state index contributed by atoms with van der Waals surface area (Å²) in [5.74, 6) is 1.15. The second-order valence-corrected chi connectivity index (χ2v) is 3.59. The average molecular weight is 247 g/mol. The second-order valence-electron chi connectivity index (χ2n) is 3.59. The van der Waals surface area contributed by atoms with Crippen molar-refractivity contribution in [3.63, 3.8) is 0 Å². The molecule has 0 saturated carbocycles. The van der Waals surface area contributed by atoms with Gasteiger partial charge in [-0.1, -0.05) is 18.2 Å². The molecule has 6 heteroatoms. The molecule has 0 aliphatic rings. The van der Waals surface area contributed by atoms with Crippen LogP contribution in [0.2, 0.25) is 0 Å². The van der Waals surface area contributed by atoms with Gasteiger partial charge in [-0.05, 0) is 12.1 Å². The van der Waals surface area contributed by atoms with E-state index in [1.807, 2.05) is 30.3 Å². The fraction of sp³-hybridized carbons (Fsp3) is 0.167. The van der Waals surface area contributed by atoms with Crippen molar-refractivity contribution in [1.82, 2.24) is 9.97 Å². The Balaban J connectivity index is 1.82. The normalized spacial score (nSPS) is 10.0. The number of para-hydroxylation sites is 1. The summed E-state index contributed by atoms with van der Waals surface area (Å²) < 4.78 is 5.45. The number of rotatable bonds is 5. The summed E-state index contributed by atoms with van der Waals surface area (Å²) in [6.07, 6.45) is 0. The van der Waals surface area contributed by atoms with E-state index in [4.69, 9.17) is 4.74 Å². The summed E-state index contributed by atoms with van der Waals surface area (Å²) in [6, 6.07) is 10.7. The molecule has 0 radical (unpaired) electrons. The second kappa shape index (κ2) is 5.72. The molecule has 0 aliphatic carbocycles. The lowest BCUT2D eigenvalue weighted by molar-refractivity contribution is 0.332. The number of benzene rings is 1. The third-order valence-electron chi connectivity index (χ3n) is 2.19. The third kappa shape index (κ3) is 3.51. The monoisotopic (exact) mass is 247 g/mol. The number of hydrogen-bond donors (Lipinski definition) is 3. The van der Waals surface area contributed by atoms with Crippen molar-refractivity contribution < 1.29 is 4.74 Å². The van der Waals surface area contributed by atoms with Crippen molar-refractivity contribution in [2.45, 2.75) is 0 Å². The highest BCUT2D eigenvalue weighted by Gasteiger charge is 1.96. The Bertz CT molecular complexity index is 575. The minimum Gasteiger partial charge on any atom is -0.492 e. The number of aromatic nitrogens is 2. The molecule has 0 bridgehead atoms. The Morgan fingerprint density at radius 1 is 1.11 bits per heavy atom. The average Bonchev–Trinajstić information content (AvgIpc) is 2.35. The third-order valence-corrected chi connectivity index (χ3v) is 2.19. The van der Waals surface area contributed by atoms with Crippen LogP contribution in [0.4, 0.5) is 5.82 Å². The van der Waals surface area contributed by atoms with Crippen LogP contribution in [0.15, 0.2) is 46.0 Å². The first-order valence-electron chi connectivity index (χ1n) is 5.49. The lowest BCUT2D eigenvalue weighted by Crippen LogP contribution is -2.24. The number of ether oxygens (including phenoxy) is 1. The van der Waals surface area contributed by atoms with Crippen molar-refractivity contribution in [2.75, 3.05) is 18.5 Å². The highest BCUT2D eigenvalue weighted by atomic mass is 16.5. The van der Waals surface area contributed by atoms with Crippen LogP contribution in [0.3, 0.4) is 0 Å². The number of H-pyrrole nitrogens is 2. The Morgan fingerprint density at radius 3 is 2.61 bits per heavy atom. The molecule has 18 heavy (non-hydrogen) atoms. The first-order valence-corrected chi connectivity index (χ1v) is 5.49. The zero-order chi connectivity index (χ0) is 12.8. The summed E-state index contributed by atoms with van der Waals surface area (Å²) in [7, 11) is 0. The van der Waals surface area contributed by atoms with E-state index in [0.717, 1.165) is 5.75 Å². The van der Waals surface area contributed by atoms with Gasteiger partial charge in [0.2, 0.25) is 0 Å². The number of aromatic amines is 2. The largest absolute Gasteiger partial charge is 0.492 e. The van der Waals surface area contributed by atoms with Crippen molar-refractivity contribution in [1.29, 1.82) is 0 Å². The molecule has 0 saturated heterocycles. The Kier molecular flexibility index (Phi) is 3.80. The van der Waals surface area contributed by atoms with Crippen LogP contribution in [0.1, 0.15) is 0 Å². The topological polar surface area (TPSA) is 87.0 Å². The predicted octanol–water partition coefficient (Wildman–Crippen LogP) is 0.554. The highest BCUT2D eigenvalue weighted by molar-refractivity contribution is 5.31. The molecule has 0 amide bonds. The summed E-state index contributed by atoms with van der Waals surface area (Å²) in [5.41, 5.74) is -0.973. The van der Waals surface area contributed by atoms with E-state index < -0.39 is 11.2 Å². The standard InChI is InChI=1S/C12H13N3O3/c16-11-8-10(14-12(17)15-11)13-6-7-18-9-4-2-1-3-5-9/h1-5,8H,6-7H2,(H3,13,14,15,16,17). The van der Waals surface area contributed by atoms with E-state index >= 15 is 0 Å². The quantitative estimate of drug-likeness (QED) is 0.673. The van der Waals surface area contributed by atoms with E-state index in [0.29, 0.717) is 19.0 Å². The van der Waals surface area contributed by atoms with Crippen LogP contribution in [-0.2, 0) is 0 Å². The molecule has 0 aliphatic heterocycles. The molecule has 6 nitrogen and oxygen atoms in total. The lowest BCUT2D eigenvalue weighted by Gasteiger charge is -2.07. The molecule has 0 atom stereocenters. The maximum atomic E-state index is 11.0. The molecule has 0 spiro atoms. The Morgan fingerprint density at radius 2 is 1.89 bits per heavy atom. The van der Waals surface area contributed by atoms with Crippen LogP contribution in [0.5, 0.6) is 5.75 Å². The first kappa shape index (κ1) is 12.0. The smallest absolute Gasteiger partial charge is 0.327 e. The van der Waals surface area contributed by atoms with E-state index in [2.05, 4.69) is 15.3 Å². The number of anilines is 1. The molecule has 2 aromatic rings. The summed E-state index contributed by atoms with van der Waals surface area (Å²) in [4.78, 5) is 26.6. The summed E-state index contributed by atoms with van der Waals surface area (Å²) in [5, 5.41) is 2.90. The molecule has 94 valence electrons. The zero-order valence-corrected chi connectivity index (χ0v) is 9.60. The van der Waals surface area contributed by atoms with Gasteiger partial charge in [-0.25, -0.2) is 4.79 Å². The Labute approximate surface area is 103 Å². The maximum Gasteiger partial charge on any atom is 0.327 e. The van der Waals surface area contributed by atoms with Crippen LogP contribution < -0.4 is 21.3 Å². The molecule has 2 rings (SSSR count). The van der Waals surface area contributed by atoms with Gasteiger partial charge >= 0.3 is 5.69 Å². The van der Waals surface area contributed by atoms with Gasteiger partial charge in [-0.3, -0.25) is 14.8 Å². The van der Waals surface area contributed by atoms with E-state index in [1.165, 1.54) is 6.07 Å². The highest BCUT2D eigenvalue weighted by Crippen LogP contribution is 2.07. The molecule has 1 aromatic carbocycles. The Hall–Kier alpha value is -2.50. The molecular formula is C12H13N3O3. The van der Waals surface area contributed by atoms with Crippen molar-refractivity contribution >= 4 is 5.82 Å². The van der Waals surface area contributed by atoms with Gasteiger partial charge in [0.15, 0.2) is 0 Å². The zero-order valence-electron chi connectivity index (χ0n) is 9.60. The molecule has 0 fully saturated rings. The predicted molar refractivity (Wildman–Crippen MR) is 68.1 cm³/mol. The van der Waals surface area contributed by atoms with Gasteiger partial charge in [0.25, 0.3) is 5.56 Å². The van der Waals surface area contributed by atoms with Gasteiger partial charge in [-0.2, -0.15) is 0 Å². The van der Waals surface area contributed by atoms with Crippen LogP contribution in [0.25, 0.3) is 0 Å². The van der Waals surface area contributed by atoms with Gasteiger partial charge in [-0.15, -0.1) is 0 Å². The fourth-order valence-corrected chi connectivity index (χ4v) is 1.44.